The first kappa shape index (κ1) is 43.1. The fourth-order valence-electron chi connectivity index (χ4n) is 6.91. The molecule has 50 heavy (non-hydrogen) atoms. The summed E-state index contributed by atoms with van der Waals surface area (Å²) >= 11 is 0. The van der Waals surface area contributed by atoms with E-state index in [9.17, 15) is 19.2 Å². The van der Waals surface area contributed by atoms with E-state index in [1.165, 1.54) is 11.1 Å². The number of nitrogens with one attached hydrogen (secondary N) is 2. The van der Waals surface area contributed by atoms with Crippen molar-refractivity contribution < 1.29 is 36.1 Å². The molecule has 2 aliphatic rings. The van der Waals surface area contributed by atoms with Gasteiger partial charge in [0.25, 0.3) is 0 Å². The highest BCUT2D eigenvalue weighted by atomic mass is 35.5. The Hall–Kier alpha value is -3.07. The molecular weight excluding hydrogens is 648 g/mol. The summed E-state index contributed by atoms with van der Waals surface area (Å²) in [5.41, 5.74) is 2.72. The van der Waals surface area contributed by atoms with Crippen LogP contribution in [0.1, 0.15) is 114 Å². The fourth-order valence-corrected chi connectivity index (χ4v) is 6.91. The average Bonchev–Trinajstić information content (AvgIpc) is 3.44. The zero-order valence-corrected chi connectivity index (χ0v) is 31.7. The van der Waals surface area contributed by atoms with Gasteiger partial charge in [0.15, 0.2) is 11.6 Å². The van der Waals surface area contributed by atoms with Crippen molar-refractivity contribution in [1.29, 1.82) is 0 Å². The standard InChI is InChI=1S/C27H36N2O2.C14H26N2O2.ClH/c1-29(21-23-13-5-2-6-14-23,22-24-15-7-3-8-16-24)20-12-4-9-18-26(30)25-17-10-11-19-27(31)28-25;1-16(2)11-7-3-4-9-13(17)12-8-5-6-10-14(18)15-12;/h2-3,5-8,13-16,25H,4,9-12,17-22H2,1H3;12H,3-11H2,1-2H3,(H,15,18);1H. The Morgan fingerprint density at radius 3 is 1.54 bits per heavy atom. The van der Waals surface area contributed by atoms with Crippen molar-refractivity contribution in [2.45, 2.75) is 128 Å². The van der Waals surface area contributed by atoms with Gasteiger partial charge < -0.3 is 32.4 Å². The second-order valence-corrected chi connectivity index (χ2v) is 14.7. The van der Waals surface area contributed by atoms with Gasteiger partial charge in [0.05, 0.1) is 25.7 Å². The van der Waals surface area contributed by atoms with Crippen LogP contribution in [0.25, 0.3) is 0 Å². The summed E-state index contributed by atoms with van der Waals surface area (Å²) < 4.78 is 0.959. The van der Waals surface area contributed by atoms with Gasteiger partial charge in [-0.05, 0) is 78.4 Å². The first-order chi connectivity index (χ1) is 23.6. The van der Waals surface area contributed by atoms with Crippen LogP contribution in [0.15, 0.2) is 60.7 Å². The molecule has 0 saturated carbocycles. The zero-order valence-electron chi connectivity index (χ0n) is 31.0. The highest BCUT2D eigenvalue weighted by Gasteiger charge is 2.25. The maximum atomic E-state index is 12.5. The lowest BCUT2D eigenvalue weighted by molar-refractivity contribution is -0.935. The number of Topliss-reactive ketones (excluding diaryl/α,β-unsaturated/α-hetero) is 2. The predicted octanol–water partition coefficient (Wildman–Crippen LogP) is 3.76. The third kappa shape index (κ3) is 17.7. The first-order valence-electron chi connectivity index (χ1n) is 18.8. The van der Waals surface area contributed by atoms with Crippen LogP contribution in [0, 0.1) is 0 Å². The van der Waals surface area contributed by atoms with Gasteiger partial charge in [-0.3, -0.25) is 19.2 Å². The summed E-state index contributed by atoms with van der Waals surface area (Å²) in [6.45, 7) is 4.16. The molecule has 0 aliphatic carbocycles. The van der Waals surface area contributed by atoms with E-state index in [2.05, 4.69) is 97.3 Å². The van der Waals surface area contributed by atoms with Crippen LogP contribution < -0.4 is 23.0 Å². The van der Waals surface area contributed by atoms with Gasteiger partial charge >= 0.3 is 0 Å². The summed E-state index contributed by atoms with van der Waals surface area (Å²) in [7, 11) is 6.46. The van der Waals surface area contributed by atoms with Crippen molar-refractivity contribution >= 4 is 23.4 Å². The number of ketones is 2. The summed E-state index contributed by atoms with van der Waals surface area (Å²) in [5.74, 6) is 0.500. The van der Waals surface area contributed by atoms with E-state index in [0.717, 1.165) is 108 Å². The fraction of sp³-hybridized carbons (Fsp3) is 0.610. The number of quaternary nitrogens is 1. The first-order valence-corrected chi connectivity index (χ1v) is 18.8. The lowest BCUT2D eigenvalue weighted by Crippen LogP contribution is -3.00. The van der Waals surface area contributed by atoms with Gasteiger partial charge in [-0.1, -0.05) is 79.9 Å². The van der Waals surface area contributed by atoms with Crippen molar-refractivity contribution in [3.8, 4) is 0 Å². The smallest absolute Gasteiger partial charge is 0.220 e. The minimum absolute atomic E-state index is 0. The van der Waals surface area contributed by atoms with Crippen molar-refractivity contribution in [2.75, 3.05) is 34.2 Å². The topological polar surface area (TPSA) is 95.6 Å². The minimum Gasteiger partial charge on any atom is -1.00 e. The molecule has 2 aromatic rings. The molecule has 8 nitrogen and oxygen atoms in total. The van der Waals surface area contributed by atoms with Crippen LogP contribution in [0.3, 0.4) is 0 Å². The van der Waals surface area contributed by atoms with E-state index >= 15 is 0 Å². The molecule has 2 aliphatic heterocycles. The second kappa shape index (κ2) is 24.2. The van der Waals surface area contributed by atoms with E-state index in [1.807, 2.05) is 0 Å². The molecule has 9 heteroatoms. The number of unbranched alkanes of at least 4 members (excludes halogenated alkanes) is 4. The van der Waals surface area contributed by atoms with Crippen LogP contribution in [0.5, 0.6) is 0 Å². The van der Waals surface area contributed by atoms with Gasteiger partial charge in [0.2, 0.25) is 11.8 Å². The van der Waals surface area contributed by atoms with Crippen molar-refractivity contribution in [1.82, 2.24) is 15.5 Å². The van der Waals surface area contributed by atoms with Crippen molar-refractivity contribution in [2.24, 2.45) is 0 Å². The molecular formula is C41H63ClN4O4. The lowest BCUT2D eigenvalue weighted by Gasteiger charge is -2.35. The number of hydrogen-bond donors (Lipinski definition) is 2. The van der Waals surface area contributed by atoms with Gasteiger partial charge in [-0.2, -0.15) is 0 Å². The van der Waals surface area contributed by atoms with E-state index in [4.69, 9.17) is 0 Å². The Kier molecular flexibility index (Phi) is 20.8. The minimum atomic E-state index is -0.257. The maximum Gasteiger partial charge on any atom is 0.220 e. The van der Waals surface area contributed by atoms with Crippen LogP contribution in [-0.4, -0.2) is 79.1 Å². The Morgan fingerprint density at radius 1 is 0.660 bits per heavy atom. The molecule has 2 aromatic carbocycles. The summed E-state index contributed by atoms with van der Waals surface area (Å²) in [6, 6.07) is 20.9. The normalized spacial score (nSPS) is 18.0. The van der Waals surface area contributed by atoms with Crippen molar-refractivity contribution in [3.63, 3.8) is 0 Å². The number of halogens is 1. The molecule has 2 fully saturated rings. The molecule has 4 rings (SSSR count). The Labute approximate surface area is 308 Å². The molecule has 2 N–H and O–H groups in total. The van der Waals surface area contributed by atoms with Crippen molar-refractivity contribution in [3.05, 3.63) is 71.8 Å². The number of nitrogens with zero attached hydrogens (tertiary/aromatic N) is 2. The molecule has 0 spiro atoms. The third-order valence-corrected chi connectivity index (χ3v) is 9.70. The second-order valence-electron chi connectivity index (χ2n) is 14.7. The number of amides is 2. The molecule has 2 heterocycles. The number of hydrogen-bond acceptors (Lipinski definition) is 5. The molecule has 0 aromatic heterocycles. The van der Waals surface area contributed by atoms with E-state index in [0.29, 0.717) is 25.7 Å². The maximum absolute atomic E-state index is 12.5. The number of rotatable bonds is 18. The zero-order chi connectivity index (χ0) is 35.3. The number of carbonyl (C=O) groups excluding carboxylic acids is 4. The van der Waals surface area contributed by atoms with Gasteiger partial charge in [-0.15, -0.1) is 0 Å². The molecule has 2 saturated heterocycles. The highest BCUT2D eigenvalue weighted by molar-refractivity contribution is 5.90. The van der Waals surface area contributed by atoms with Crippen LogP contribution in [0.4, 0.5) is 0 Å². The summed E-state index contributed by atoms with van der Waals surface area (Å²) in [4.78, 5) is 49.7. The van der Waals surface area contributed by atoms with Crippen LogP contribution in [0.2, 0.25) is 0 Å². The summed E-state index contributed by atoms with van der Waals surface area (Å²) in [5, 5.41) is 5.75. The highest BCUT2D eigenvalue weighted by Crippen LogP contribution is 2.20. The Balaban J connectivity index is 0.000000391. The van der Waals surface area contributed by atoms with Crippen LogP contribution >= 0.6 is 0 Å². The molecule has 2 unspecified atom stereocenters. The predicted molar refractivity (Wildman–Crippen MR) is 198 cm³/mol. The quantitative estimate of drug-likeness (QED) is 0.182. The molecule has 0 bridgehead atoms. The number of benzene rings is 2. The lowest BCUT2D eigenvalue weighted by atomic mass is 10.0. The van der Waals surface area contributed by atoms with Gasteiger partial charge in [0, 0.05) is 36.8 Å². The monoisotopic (exact) mass is 710 g/mol. The molecule has 2 amide bonds. The van der Waals surface area contributed by atoms with E-state index < -0.39 is 0 Å². The van der Waals surface area contributed by atoms with Gasteiger partial charge in [0.1, 0.15) is 13.1 Å². The van der Waals surface area contributed by atoms with E-state index in [-0.39, 0.29) is 47.9 Å². The largest absolute Gasteiger partial charge is 1.00 e. The number of carbonyl (C=O) groups is 4. The van der Waals surface area contributed by atoms with Gasteiger partial charge in [-0.25, -0.2) is 0 Å². The SMILES string of the molecule is CN(C)CCCCCC(=O)C1CCCCC(=O)N1.C[N+](CCCCCC(=O)C1CCCCC(=O)N1)(Cc1ccccc1)Cc1ccccc1.[Cl-]. The molecule has 0 radical (unpaired) electrons. The molecule has 278 valence electrons. The Morgan fingerprint density at radius 2 is 1.10 bits per heavy atom. The Bertz CT molecular complexity index is 1230. The average molecular weight is 711 g/mol. The molecule has 2 atom stereocenters. The third-order valence-electron chi connectivity index (χ3n) is 9.70. The summed E-state index contributed by atoms with van der Waals surface area (Å²) in [6.07, 6.45) is 13.9. The van der Waals surface area contributed by atoms with Crippen LogP contribution in [-0.2, 0) is 32.3 Å². The van der Waals surface area contributed by atoms with E-state index in [1.54, 1.807) is 0 Å².